The van der Waals surface area contributed by atoms with Crippen molar-refractivity contribution in [3.8, 4) is 44.5 Å². The summed E-state index contributed by atoms with van der Waals surface area (Å²) < 4.78 is 5.52. The second-order valence-electron chi connectivity index (χ2n) is 12.7. The molecular weight excluding hydrogens is 629 g/mol. The number of methoxy groups -OCH3 is 1. The number of carbonyl (C=O) groups excluding carboxylic acids is 1. The first-order valence-corrected chi connectivity index (χ1v) is 17.1. The fourth-order valence-corrected chi connectivity index (χ4v) is 7.43. The molecule has 4 aromatic heterocycles. The molecule has 10 rings (SSSR count). The van der Waals surface area contributed by atoms with Crippen LogP contribution in [0, 0.1) is 0 Å². The van der Waals surface area contributed by atoms with Gasteiger partial charge in [-0.15, -0.1) is 0 Å². The predicted molar refractivity (Wildman–Crippen MR) is 207 cm³/mol. The van der Waals surface area contributed by atoms with E-state index < -0.39 is 5.92 Å². The maximum Gasteiger partial charge on any atom is 0.320 e. The quantitative estimate of drug-likeness (QED) is 0.109. The van der Waals surface area contributed by atoms with Gasteiger partial charge in [0, 0.05) is 58.9 Å². The van der Waals surface area contributed by atoms with Gasteiger partial charge in [-0.3, -0.25) is 4.79 Å². The number of aromatic amines is 4. The van der Waals surface area contributed by atoms with E-state index in [2.05, 4.69) is 129 Å². The van der Waals surface area contributed by atoms with Crippen LogP contribution in [-0.2, 0) is 9.53 Å². The van der Waals surface area contributed by atoms with Crippen LogP contribution >= 0.6 is 0 Å². The third-order valence-electron chi connectivity index (χ3n) is 9.75. The van der Waals surface area contributed by atoms with Crippen molar-refractivity contribution in [1.29, 1.82) is 0 Å². The molecule has 0 spiro atoms. The molecule has 0 aliphatic carbocycles. The van der Waals surface area contributed by atoms with Gasteiger partial charge < -0.3 is 24.7 Å². The minimum Gasteiger partial charge on any atom is -0.468 e. The minimum absolute atomic E-state index is 0.328. The van der Waals surface area contributed by atoms with E-state index in [4.69, 9.17) is 4.74 Å². The molecule has 6 nitrogen and oxygen atoms in total. The number of H-pyrrole nitrogens is 4. The van der Waals surface area contributed by atoms with E-state index in [1.807, 2.05) is 48.5 Å². The molecule has 6 heteroatoms. The van der Waals surface area contributed by atoms with Crippen LogP contribution in [0.15, 0.2) is 158 Å². The van der Waals surface area contributed by atoms with Gasteiger partial charge in [0.15, 0.2) is 0 Å². The smallest absolute Gasteiger partial charge is 0.320 e. The molecule has 0 saturated heterocycles. The van der Waals surface area contributed by atoms with E-state index in [0.29, 0.717) is 0 Å². The van der Waals surface area contributed by atoms with Crippen molar-refractivity contribution < 1.29 is 9.53 Å². The Morgan fingerprint density at radius 3 is 1.25 bits per heavy atom. The van der Waals surface area contributed by atoms with Gasteiger partial charge in [-0.2, -0.15) is 0 Å². The summed E-state index contributed by atoms with van der Waals surface area (Å²) in [5.41, 5.74) is 15.2. The van der Waals surface area contributed by atoms with E-state index in [1.54, 1.807) is 0 Å². The molecule has 4 N–H and O–H groups in total. The van der Waals surface area contributed by atoms with Gasteiger partial charge in [-0.05, 0) is 59.7 Å². The molecule has 4 aromatic carbocycles. The summed E-state index contributed by atoms with van der Waals surface area (Å²) in [6, 6.07) is 54.0. The van der Waals surface area contributed by atoms with Gasteiger partial charge in [0.2, 0.25) is 0 Å². The Kier molecular flexibility index (Phi) is 7.47. The standard InChI is InChI=1S/C45H34N4O2/c1-51-45(50)42-43-40(30-18-10-4-11-19-30)36-26-24-34(47-36)38(28-14-6-2-7-15-28)32-22-23-33(46-32)39(29-16-8-3-9-17-29)35-25-27-37(48-35)41(44(42)49-43)31-20-12-5-13-21-31/h2-27,42,46-49H,1H3/q+2. The van der Waals surface area contributed by atoms with Crippen molar-refractivity contribution in [2.75, 3.05) is 7.11 Å². The molecule has 6 heterocycles. The van der Waals surface area contributed by atoms with E-state index >= 15 is 0 Å². The third-order valence-corrected chi connectivity index (χ3v) is 9.75. The molecule has 51 heavy (non-hydrogen) atoms. The van der Waals surface area contributed by atoms with Crippen LogP contribution in [0.4, 0.5) is 0 Å². The van der Waals surface area contributed by atoms with Crippen molar-refractivity contribution in [2.45, 2.75) is 5.92 Å². The molecule has 0 unspecified atom stereocenters. The Morgan fingerprint density at radius 1 is 0.471 bits per heavy atom. The van der Waals surface area contributed by atoms with Crippen molar-refractivity contribution in [3.63, 3.8) is 0 Å². The largest absolute Gasteiger partial charge is 0.468 e. The van der Waals surface area contributed by atoms with E-state index in [0.717, 1.165) is 89.0 Å². The number of carbonyl (C=O) groups is 1. The lowest BCUT2D eigenvalue weighted by Gasteiger charge is -2.28. The van der Waals surface area contributed by atoms with Crippen molar-refractivity contribution in [3.05, 3.63) is 169 Å². The SMILES string of the molecule is COC(=O)C1c2[nH]c1c(-c1ccccc1)c1ccc([nH]1)[c+](-c1ccccc1)c1ccc([nH]1)[c+](-c1ccccc1)c1ccc([nH]1)c2-c1ccccc1. The number of hydrogen-bond acceptors (Lipinski definition) is 2. The zero-order valence-corrected chi connectivity index (χ0v) is 27.9. The summed E-state index contributed by atoms with van der Waals surface area (Å²) >= 11 is 0. The molecule has 8 bridgehead atoms. The highest BCUT2D eigenvalue weighted by Crippen LogP contribution is 2.44. The minimum atomic E-state index is -0.662. The Labute approximate surface area is 294 Å². The van der Waals surface area contributed by atoms with Gasteiger partial charge in [0.05, 0.1) is 41.4 Å². The number of nitrogens with one attached hydrogen (secondary N) is 4. The zero-order valence-electron chi connectivity index (χ0n) is 27.9. The van der Waals surface area contributed by atoms with Gasteiger partial charge in [-0.1, -0.05) is 60.7 Å². The maximum absolute atomic E-state index is 13.9. The first-order chi connectivity index (χ1) is 25.2. The fourth-order valence-electron chi connectivity index (χ4n) is 7.43. The number of esters is 1. The van der Waals surface area contributed by atoms with Gasteiger partial charge in [0.1, 0.15) is 39.1 Å². The maximum atomic E-state index is 13.9. The molecule has 0 atom stereocenters. The van der Waals surface area contributed by atoms with E-state index in [9.17, 15) is 4.79 Å². The molecule has 2 aliphatic rings. The topological polar surface area (TPSA) is 89.5 Å². The van der Waals surface area contributed by atoms with Crippen molar-refractivity contribution in [1.82, 2.24) is 19.9 Å². The molecule has 2 aliphatic heterocycles. The summed E-state index contributed by atoms with van der Waals surface area (Å²) in [7, 11) is 1.46. The summed E-state index contributed by atoms with van der Waals surface area (Å²) in [4.78, 5) is 29.0. The van der Waals surface area contributed by atoms with Crippen LogP contribution in [0.25, 0.3) is 77.6 Å². The lowest BCUT2D eigenvalue weighted by Crippen LogP contribution is -2.26. The molecule has 0 saturated carbocycles. The zero-order chi connectivity index (χ0) is 34.3. The molecule has 244 valence electrons. The van der Waals surface area contributed by atoms with Crippen LogP contribution in [-0.4, -0.2) is 33.0 Å². The van der Waals surface area contributed by atoms with Crippen LogP contribution < -0.4 is 0 Å². The van der Waals surface area contributed by atoms with Crippen LogP contribution in [0.3, 0.4) is 0 Å². The second-order valence-corrected chi connectivity index (χ2v) is 12.7. The first kappa shape index (κ1) is 30.3. The summed E-state index contributed by atoms with van der Waals surface area (Å²) in [6.07, 6.45) is 0. The molecule has 0 amide bonds. The van der Waals surface area contributed by atoms with Gasteiger partial charge in [-0.25, -0.2) is 0 Å². The van der Waals surface area contributed by atoms with Crippen LogP contribution in [0.5, 0.6) is 0 Å². The van der Waals surface area contributed by atoms with Gasteiger partial charge in [0.25, 0.3) is 0 Å². The predicted octanol–water partition coefficient (Wildman–Crippen LogP) is 11.0. The number of ether oxygens (including phenoxy) is 1. The van der Waals surface area contributed by atoms with Crippen LogP contribution in [0.1, 0.15) is 17.3 Å². The number of rotatable bonds is 5. The molecular formula is C45H34N4O2+2. The Balaban J connectivity index is 1.51. The number of hydrogen-bond donors (Lipinski definition) is 4. The third kappa shape index (κ3) is 5.25. The highest BCUT2D eigenvalue weighted by molar-refractivity contribution is 6.01. The Morgan fingerprint density at radius 2 is 0.843 bits per heavy atom. The normalized spacial score (nSPS) is 12.0. The fraction of sp³-hybridized carbons (Fsp3) is 0.0444. The number of aromatic nitrogens is 4. The van der Waals surface area contributed by atoms with Crippen molar-refractivity contribution >= 4 is 39.1 Å². The Bertz CT molecular complexity index is 2510. The average molecular weight is 663 g/mol. The summed E-state index contributed by atoms with van der Waals surface area (Å²) in [5, 5.41) is 0. The summed E-state index contributed by atoms with van der Waals surface area (Å²) in [6.45, 7) is 0. The monoisotopic (exact) mass is 662 g/mol. The molecule has 0 radical (unpaired) electrons. The van der Waals surface area contributed by atoms with Crippen LogP contribution in [0.2, 0.25) is 0 Å². The highest BCUT2D eigenvalue weighted by Gasteiger charge is 2.37. The van der Waals surface area contributed by atoms with Crippen molar-refractivity contribution in [2.24, 2.45) is 0 Å². The van der Waals surface area contributed by atoms with Gasteiger partial charge >= 0.3 is 5.97 Å². The van der Waals surface area contributed by atoms with E-state index in [1.165, 1.54) is 7.11 Å². The Hall–Kier alpha value is -6.79. The number of benzene rings is 4. The average Bonchev–Trinajstić information content (AvgIpc) is 3.96. The first-order valence-electron chi connectivity index (χ1n) is 17.1. The lowest BCUT2D eigenvalue weighted by molar-refractivity contribution is -0.141. The second kappa shape index (κ2) is 12.6. The lowest BCUT2D eigenvalue weighted by atomic mass is 9.84. The summed E-state index contributed by atoms with van der Waals surface area (Å²) in [5.74, 6) is -0.990. The highest BCUT2D eigenvalue weighted by atomic mass is 16.5. The molecule has 8 aromatic rings. The van der Waals surface area contributed by atoms with E-state index in [-0.39, 0.29) is 5.97 Å². The molecule has 0 fully saturated rings.